The number of halogens is 2. The quantitative estimate of drug-likeness (QED) is 0.0801. The van der Waals surface area contributed by atoms with Gasteiger partial charge in [-0.2, -0.15) is 8.78 Å². The molecular formula is C27H41F2NO6. The first-order chi connectivity index (χ1) is 17.3. The molecule has 9 heteroatoms. The summed E-state index contributed by atoms with van der Waals surface area (Å²) < 4.78 is 36.5. The van der Waals surface area contributed by atoms with E-state index in [1.54, 1.807) is 30.3 Å². The lowest BCUT2D eigenvalue weighted by Gasteiger charge is -2.14. The number of carbonyl (C=O) groups is 1. The van der Waals surface area contributed by atoms with Gasteiger partial charge in [-0.3, -0.25) is 4.79 Å². The van der Waals surface area contributed by atoms with Crippen LogP contribution in [-0.2, 0) is 14.4 Å². The average molecular weight is 514 g/mol. The third-order valence-corrected chi connectivity index (χ3v) is 5.07. The summed E-state index contributed by atoms with van der Waals surface area (Å²) in [4.78, 5) is 23.2. The molecular weight excluding hydrogens is 472 g/mol. The fraction of sp³-hybridized carbons (Fsp3) is 0.593. The van der Waals surface area contributed by atoms with Gasteiger partial charge in [0.1, 0.15) is 5.75 Å². The number of rotatable bonds is 15. The average Bonchev–Trinajstić information content (AvgIpc) is 3.40. The normalized spacial score (nSPS) is 13.4. The molecule has 1 fully saturated rings. The lowest BCUT2D eigenvalue weighted by molar-refractivity contribution is -0.757. The highest BCUT2D eigenvalue weighted by Gasteiger charge is 2.27. The maximum atomic E-state index is 13.6. The first-order valence-electron chi connectivity index (χ1n) is 12.5. The lowest BCUT2D eigenvalue weighted by atomic mass is 10.1. The van der Waals surface area contributed by atoms with Crippen molar-refractivity contribution in [2.75, 3.05) is 19.8 Å². The Kier molecular flexibility index (Phi) is 20.6. The van der Waals surface area contributed by atoms with Crippen LogP contribution in [0.25, 0.3) is 0 Å². The van der Waals surface area contributed by atoms with E-state index in [9.17, 15) is 23.7 Å². The smallest absolute Gasteiger partial charge is 0.299 e. The van der Waals surface area contributed by atoms with Gasteiger partial charge in [0.25, 0.3) is 17.5 Å². The number of benzene rings is 1. The van der Waals surface area contributed by atoms with Crippen LogP contribution in [0, 0.1) is 16.0 Å². The second-order valence-corrected chi connectivity index (χ2v) is 8.21. The molecule has 0 aliphatic heterocycles. The van der Waals surface area contributed by atoms with Gasteiger partial charge in [-0.05, 0) is 63.2 Å². The number of carbonyl (C=O) groups excluding carboxylic acids is 1. The largest absolute Gasteiger partial charge is 0.487 e. The first-order valence-corrected chi connectivity index (χ1v) is 12.5. The van der Waals surface area contributed by atoms with Gasteiger partial charge in [0.2, 0.25) is 0 Å². The van der Waals surface area contributed by atoms with Gasteiger partial charge in [0.15, 0.2) is 6.61 Å². The summed E-state index contributed by atoms with van der Waals surface area (Å²) in [5.74, 6) is -2.09. The van der Waals surface area contributed by atoms with Gasteiger partial charge < -0.3 is 14.3 Å². The molecule has 1 aromatic carbocycles. The first kappa shape index (κ1) is 33.0. The van der Waals surface area contributed by atoms with Crippen LogP contribution in [0.15, 0.2) is 54.6 Å². The van der Waals surface area contributed by atoms with E-state index in [0.717, 1.165) is 31.8 Å². The Morgan fingerprint density at radius 1 is 1.11 bits per heavy atom. The van der Waals surface area contributed by atoms with Crippen LogP contribution in [0.4, 0.5) is 8.78 Å². The molecule has 36 heavy (non-hydrogen) atoms. The molecule has 0 atom stereocenters. The zero-order valence-corrected chi connectivity index (χ0v) is 21.5. The third kappa shape index (κ3) is 21.6. The Morgan fingerprint density at radius 3 is 2.36 bits per heavy atom. The van der Waals surface area contributed by atoms with Gasteiger partial charge in [0, 0.05) is 0 Å². The number of hydrogen-bond acceptors (Lipinski definition) is 6. The van der Waals surface area contributed by atoms with E-state index in [-0.39, 0.29) is 13.2 Å². The van der Waals surface area contributed by atoms with Gasteiger partial charge in [-0.25, -0.2) is 0 Å². The minimum Gasteiger partial charge on any atom is -0.487 e. The topological polar surface area (TPSA) is 87.9 Å². The molecule has 1 aromatic rings. The summed E-state index contributed by atoms with van der Waals surface area (Å²) in [5.41, 5.74) is 0. The molecule has 1 saturated carbocycles. The van der Waals surface area contributed by atoms with E-state index in [4.69, 9.17) is 4.74 Å². The highest BCUT2D eigenvalue weighted by atomic mass is 19.3. The molecule has 2 rings (SSSR count). The van der Waals surface area contributed by atoms with Crippen molar-refractivity contribution < 1.29 is 33.0 Å². The molecule has 0 aromatic heterocycles. The van der Waals surface area contributed by atoms with Gasteiger partial charge in [-0.15, -0.1) is 10.1 Å². The predicted octanol–water partition coefficient (Wildman–Crippen LogP) is 7.35. The number of allylic oxidation sites excluding steroid dienone is 3. The minimum atomic E-state index is -2.89. The Bertz CT molecular complexity index is 722. The van der Waals surface area contributed by atoms with Crippen molar-refractivity contribution in [2.45, 2.75) is 77.6 Å². The summed E-state index contributed by atoms with van der Waals surface area (Å²) in [5, 5.41) is 8.74. The summed E-state index contributed by atoms with van der Waals surface area (Å²) in [7, 11) is 0. The van der Waals surface area contributed by atoms with Crippen molar-refractivity contribution in [3.8, 4) is 5.75 Å². The number of unbranched alkanes of at least 4 members (excludes halogenated alkanes) is 3. The Balaban J connectivity index is 0.000000582. The Hall–Kier alpha value is -2.97. The third-order valence-electron chi connectivity index (χ3n) is 5.07. The highest BCUT2D eigenvalue weighted by molar-refractivity contribution is 5.36. The second kappa shape index (κ2) is 22.5. The predicted molar refractivity (Wildman–Crippen MR) is 137 cm³/mol. The van der Waals surface area contributed by atoms with Crippen LogP contribution in [0.5, 0.6) is 5.75 Å². The van der Waals surface area contributed by atoms with Crippen molar-refractivity contribution in [1.29, 1.82) is 0 Å². The van der Waals surface area contributed by atoms with Crippen LogP contribution >= 0.6 is 0 Å². The molecule has 0 radical (unpaired) electrons. The maximum Gasteiger partial charge on any atom is 0.299 e. The molecule has 1 aliphatic carbocycles. The zero-order chi connectivity index (χ0) is 26.9. The van der Waals surface area contributed by atoms with E-state index in [1.807, 2.05) is 6.07 Å². The standard InChI is InChI=1S/C15H18F2O.C7H14.C5H9NO5/c16-15(17,11-10-13-6-4-5-7-13)12-18-14-8-2-1-3-9-14;1-3-5-7-6-4-2;7-5-10-3-1-2-4-11-6(8)9/h1-3,8-11,13H,4-7,12H2;3,5H,4,6-7H2,1-2H3;5H,1-4H2/b11-10+;5-3-;. The van der Waals surface area contributed by atoms with Crippen molar-refractivity contribution in [1.82, 2.24) is 0 Å². The molecule has 0 amide bonds. The monoisotopic (exact) mass is 513 g/mol. The Morgan fingerprint density at radius 2 is 1.78 bits per heavy atom. The molecule has 7 nitrogen and oxygen atoms in total. The molecule has 0 saturated heterocycles. The van der Waals surface area contributed by atoms with Gasteiger partial charge in [0.05, 0.1) is 13.2 Å². The SMILES string of the molecule is C/C=C\CCCC.FC(F)(/C=C/C1CCCC1)COc1ccccc1.O=COCCCCO[N+](=O)[O-]. The molecule has 1 aliphatic rings. The summed E-state index contributed by atoms with van der Waals surface area (Å²) in [6, 6.07) is 8.71. The molecule has 0 heterocycles. The molecule has 0 spiro atoms. The fourth-order valence-corrected chi connectivity index (χ4v) is 3.13. The van der Waals surface area contributed by atoms with Crippen molar-refractivity contribution in [3.05, 3.63) is 64.8 Å². The van der Waals surface area contributed by atoms with E-state index in [1.165, 1.54) is 19.3 Å². The van der Waals surface area contributed by atoms with Gasteiger partial charge >= 0.3 is 0 Å². The number of para-hydroxylation sites is 1. The van der Waals surface area contributed by atoms with Crippen LogP contribution < -0.4 is 4.74 Å². The van der Waals surface area contributed by atoms with E-state index >= 15 is 0 Å². The van der Waals surface area contributed by atoms with Crippen molar-refractivity contribution in [3.63, 3.8) is 0 Å². The van der Waals surface area contributed by atoms with Crippen molar-refractivity contribution >= 4 is 6.47 Å². The zero-order valence-electron chi connectivity index (χ0n) is 21.5. The minimum absolute atomic E-state index is 0.0508. The van der Waals surface area contributed by atoms with E-state index in [0.29, 0.717) is 31.0 Å². The van der Waals surface area contributed by atoms with Crippen LogP contribution in [0.2, 0.25) is 0 Å². The lowest BCUT2D eigenvalue weighted by Crippen LogP contribution is -2.23. The van der Waals surface area contributed by atoms with Crippen LogP contribution in [-0.4, -0.2) is 37.3 Å². The van der Waals surface area contributed by atoms with E-state index in [2.05, 4.69) is 35.6 Å². The highest BCUT2D eigenvalue weighted by Crippen LogP contribution is 2.27. The maximum absolute atomic E-state index is 13.6. The molecule has 0 N–H and O–H groups in total. The number of hydrogen-bond donors (Lipinski definition) is 0. The van der Waals surface area contributed by atoms with Crippen molar-refractivity contribution in [2.24, 2.45) is 5.92 Å². The fourth-order valence-electron chi connectivity index (χ4n) is 3.13. The van der Waals surface area contributed by atoms with Crippen LogP contribution in [0.3, 0.4) is 0 Å². The molecule has 0 unspecified atom stereocenters. The summed E-state index contributed by atoms with van der Waals surface area (Å²) in [6.45, 7) is 4.35. The molecule has 204 valence electrons. The Labute approximate surface area is 213 Å². The van der Waals surface area contributed by atoms with Crippen LogP contribution in [0.1, 0.15) is 71.6 Å². The number of ether oxygens (including phenoxy) is 2. The summed E-state index contributed by atoms with van der Waals surface area (Å²) >= 11 is 0. The summed E-state index contributed by atoms with van der Waals surface area (Å²) in [6.07, 6.45) is 16.3. The second-order valence-electron chi connectivity index (χ2n) is 8.21. The number of alkyl halides is 2. The van der Waals surface area contributed by atoms with Gasteiger partial charge in [-0.1, -0.05) is 69.0 Å². The number of nitrogens with zero attached hydrogens (tertiary/aromatic N) is 1. The van der Waals surface area contributed by atoms with E-state index < -0.39 is 17.6 Å². The molecule has 0 bridgehead atoms.